The fourth-order valence-electron chi connectivity index (χ4n) is 4.59. The third-order valence-corrected chi connectivity index (χ3v) is 6.73. The maximum atomic E-state index is 13.3. The quantitative estimate of drug-likeness (QED) is 0.404. The number of allylic oxidation sites excluding steroid dienone is 1. The number of rotatable bonds is 10. The van der Waals surface area contributed by atoms with Crippen LogP contribution >= 0.6 is 11.6 Å². The van der Waals surface area contributed by atoms with E-state index in [4.69, 9.17) is 16.3 Å². The van der Waals surface area contributed by atoms with Gasteiger partial charge in [-0.05, 0) is 49.1 Å². The van der Waals surface area contributed by atoms with Crippen molar-refractivity contribution < 1.29 is 23.9 Å². The minimum absolute atomic E-state index is 0.0537. The highest BCUT2D eigenvalue weighted by Crippen LogP contribution is 2.29. The van der Waals surface area contributed by atoms with Crippen LogP contribution in [0.4, 0.5) is 0 Å². The van der Waals surface area contributed by atoms with Gasteiger partial charge in [0.25, 0.3) is 5.91 Å². The number of ether oxygens (including phenoxy) is 1. The molecule has 38 heavy (non-hydrogen) atoms. The van der Waals surface area contributed by atoms with E-state index in [0.717, 1.165) is 5.56 Å². The summed E-state index contributed by atoms with van der Waals surface area (Å²) in [5.41, 5.74) is 2.43. The third-order valence-electron chi connectivity index (χ3n) is 6.50. The van der Waals surface area contributed by atoms with E-state index in [9.17, 15) is 19.2 Å². The first-order valence-electron chi connectivity index (χ1n) is 12.2. The van der Waals surface area contributed by atoms with E-state index in [0.29, 0.717) is 53.4 Å². The molecule has 0 aliphatic carbocycles. The maximum absolute atomic E-state index is 13.3. The Labute approximate surface area is 225 Å². The Balaban J connectivity index is 1.56. The molecule has 2 heterocycles. The normalized spacial score (nSPS) is 17.1. The van der Waals surface area contributed by atoms with Crippen LogP contribution in [0.2, 0.25) is 5.02 Å². The van der Waals surface area contributed by atoms with Gasteiger partial charge in [0, 0.05) is 29.1 Å². The number of benzene rings is 2. The van der Waals surface area contributed by atoms with Crippen molar-refractivity contribution in [1.82, 2.24) is 16.0 Å². The molecule has 0 aromatic heterocycles. The fourth-order valence-corrected chi connectivity index (χ4v) is 4.77. The van der Waals surface area contributed by atoms with E-state index >= 15 is 0 Å². The molecule has 2 aromatic carbocycles. The van der Waals surface area contributed by atoms with Crippen LogP contribution in [0.15, 0.2) is 71.6 Å². The zero-order valence-electron chi connectivity index (χ0n) is 20.5. The molecule has 9 heteroatoms. The topological polar surface area (TPSA) is 114 Å². The Hall–Kier alpha value is -4.31. The average molecular weight is 532 g/mol. The summed E-state index contributed by atoms with van der Waals surface area (Å²) in [5, 5.41) is 9.47. The summed E-state index contributed by atoms with van der Waals surface area (Å²) in [5.74, 6) is 5.64. The summed E-state index contributed by atoms with van der Waals surface area (Å²) < 4.78 is 5.72. The van der Waals surface area contributed by atoms with Gasteiger partial charge >= 0.3 is 0 Å². The summed E-state index contributed by atoms with van der Waals surface area (Å²) in [6, 6.07) is 13.1. The summed E-state index contributed by atoms with van der Waals surface area (Å²) >= 11 is 6.10. The van der Waals surface area contributed by atoms with E-state index in [-0.39, 0.29) is 18.2 Å². The number of hydrogen-bond acceptors (Lipinski definition) is 7. The third kappa shape index (κ3) is 6.71. The monoisotopic (exact) mass is 531 g/mol. The molecule has 2 aliphatic heterocycles. The smallest absolute Gasteiger partial charge is 0.251 e. The Kier molecular flexibility index (Phi) is 8.99. The summed E-state index contributed by atoms with van der Waals surface area (Å²) in [6.07, 6.45) is 4.32. The van der Waals surface area contributed by atoms with Crippen LogP contribution in [-0.4, -0.2) is 49.0 Å². The molecule has 1 amide bonds. The Morgan fingerprint density at radius 1 is 1.16 bits per heavy atom. The number of amides is 1. The lowest BCUT2D eigenvalue weighted by Crippen LogP contribution is -2.45. The molecule has 3 N–H and O–H groups in total. The molecule has 0 unspecified atom stereocenters. The molecule has 0 bridgehead atoms. The van der Waals surface area contributed by atoms with Crippen molar-refractivity contribution in [3.63, 3.8) is 0 Å². The van der Waals surface area contributed by atoms with Crippen LogP contribution in [-0.2, 0) is 25.6 Å². The van der Waals surface area contributed by atoms with E-state index in [1.807, 2.05) is 42.2 Å². The zero-order chi connectivity index (χ0) is 26.9. The Bertz CT molecular complexity index is 1370. The second kappa shape index (κ2) is 12.8. The van der Waals surface area contributed by atoms with Crippen LogP contribution < -0.4 is 20.7 Å². The number of hydrogen-bond donors (Lipinski definition) is 3. The van der Waals surface area contributed by atoms with Crippen LogP contribution in [0, 0.1) is 5.92 Å². The van der Waals surface area contributed by atoms with Gasteiger partial charge in [-0.25, -0.2) is 14.4 Å². The molecule has 194 valence electrons. The van der Waals surface area contributed by atoms with Gasteiger partial charge in [0.2, 0.25) is 0 Å². The first kappa shape index (κ1) is 26.7. The van der Waals surface area contributed by atoms with Gasteiger partial charge in [-0.3, -0.25) is 4.79 Å². The minimum atomic E-state index is -0.783. The molecule has 8 nitrogen and oxygen atoms in total. The second-order valence-corrected chi connectivity index (χ2v) is 9.51. The lowest BCUT2D eigenvalue weighted by molar-refractivity contribution is -0.118. The number of fused-ring (bicyclic) bond motifs is 1. The largest absolute Gasteiger partial charge is 0.488 e. The van der Waals surface area contributed by atoms with Gasteiger partial charge in [-0.1, -0.05) is 41.9 Å². The number of halogens is 1. The predicted octanol–water partition coefficient (Wildman–Crippen LogP) is 2.62. The highest BCUT2D eigenvalue weighted by Gasteiger charge is 2.28. The average Bonchev–Trinajstić information content (AvgIpc) is 3.38. The fraction of sp³-hybridized carbons (Fsp3) is 0.276. The summed E-state index contributed by atoms with van der Waals surface area (Å²) in [4.78, 5) is 48.0. The van der Waals surface area contributed by atoms with Gasteiger partial charge < -0.3 is 20.7 Å². The minimum Gasteiger partial charge on any atom is -0.488 e. The molecule has 0 spiro atoms. The molecule has 0 saturated carbocycles. The number of carbonyl (C=O) groups excluding carboxylic acids is 4. The molecule has 2 aliphatic rings. The molecule has 1 saturated heterocycles. The summed E-state index contributed by atoms with van der Waals surface area (Å²) in [6.45, 7) is 0.680. The Morgan fingerprint density at radius 2 is 1.97 bits per heavy atom. The van der Waals surface area contributed by atoms with Crippen molar-refractivity contribution in [1.29, 1.82) is 0 Å². The predicted molar refractivity (Wildman–Crippen MR) is 143 cm³/mol. The van der Waals surface area contributed by atoms with Crippen molar-refractivity contribution in [2.75, 3.05) is 13.2 Å². The van der Waals surface area contributed by atoms with E-state index in [2.05, 4.69) is 16.0 Å². The van der Waals surface area contributed by atoms with Gasteiger partial charge in [0.05, 0.1) is 23.4 Å². The van der Waals surface area contributed by atoms with Crippen LogP contribution in [0.3, 0.4) is 0 Å². The zero-order valence-corrected chi connectivity index (χ0v) is 21.2. The van der Waals surface area contributed by atoms with Crippen LogP contribution in [0.25, 0.3) is 6.08 Å². The summed E-state index contributed by atoms with van der Waals surface area (Å²) in [7, 11) is 0. The van der Waals surface area contributed by atoms with Gasteiger partial charge in [-0.2, -0.15) is 0 Å². The number of carbonyl (C=O) groups is 1. The molecular weight excluding hydrogens is 506 g/mol. The van der Waals surface area contributed by atoms with Gasteiger partial charge in [0.15, 0.2) is 0 Å². The first-order valence-corrected chi connectivity index (χ1v) is 12.6. The van der Waals surface area contributed by atoms with Crippen molar-refractivity contribution in [2.45, 2.75) is 31.3 Å². The second-order valence-electron chi connectivity index (χ2n) is 9.07. The van der Waals surface area contributed by atoms with Crippen molar-refractivity contribution in [3.8, 4) is 5.75 Å². The van der Waals surface area contributed by atoms with Crippen molar-refractivity contribution in [2.24, 2.45) is 5.92 Å². The lowest BCUT2D eigenvalue weighted by atomic mass is 9.95. The molecule has 2 aromatic rings. The SMILES string of the molecule is O=C=C[C@H](C[C@@H]1CCNC1=C=O)NC(=C=O)[C@H](Cc1ccccc1)NC(=O)C1=Cc2cc(Cl)ccc2OC1. The highest BCUT2D eigenvalue weighted by atomic mass is 35.5. The first-order chi connectivity index (χ1) is 18.5. The van der Waals surface area contributed by atoms with Crippen molar-refractivity contribution in [3.05, 3.63) is 87.7 Å². The molecular formula is C29H26ClN3O5. The van der Waals surface area contributed by atoms with Gasteiger partial charge in [0.1, 0.15) is 35.9 Å². The maximum Gasteiger partial charge on any atom is 0.251 e. The molecule has 1 fully saturated rings. The van der Waals surface area contributed by atoms with E-state index < -0.39 is 18.0 Å². The standard InChI is InChI=1S/C29H26ClN3O5/c30-23-6-7-28-21(14-23)13-22(18-38-28)29(37)33-25(12-19-4-2-1-3-5-19)27(17-36)32-24(9-11-34)15-20-8-10-31-26(20)16-35/h1-7,9,13-14,20,24-25,31-32H,8,10,12,15,18H2,(H,33,37)/t20-,24+,25-/m0/s1. The molecule has 0 radical (unpaired) electrons. The Morgan fingerprint density at radius 3 is 2.71 bits per heavy atom. The van der Waals surface area contributed by atoms with E-state index in [1.54, 1.807) is 30.2 Å². The van der Waals surface area contributed by atoms with Crippen LogP contribution in [0.5, 0.6) is 5.75 Å². The highest BCUT2D eigenvalue weighted by molar-refractivity contribution is 6.30. The van der Waals surface area contributed by atoms with E-state index in [1.165, 1.54) is 6.08 Å². The lowest BCUT2D eigenvalue weighted by Gasteiger charge is -2.26. The number of nitrogens with one attached hydrogen (secondary N) is 3. The molecule has 3 atom stereocenters. The van der Waals surface area contributed by atoms with Gasteiger partial charge in [-0.15, -0.1) is 0 Å². The van der Waals surface area contributed by atoms with Crippen molar-refractivity contribution >= 4 is 41.4 Å². The molecule has 4 rings (SSSR count). The van der Waals surface area contributed by atoms with Crippen LogP contribution in [0.1, 0.15) is 24.0 Å².